The highest BCUT2D eigenvalue weighted by Gasteiger charge is 2.20. The number of guanidine groups is 1. The van der Waals surface area contributed by atoms with E-state index in [1.165, 1.54) is 17.7 Å². The predicted octanol–water partition coefficient (Wildman–Crippen LogP) is 3.93. The molecule has 1 heterocycles. The van der Waals surface area contributed by atoms with Gasteiger partial charge in [-0.05, 0) is 50.7 Å². The largest absolute Gasteiger partial charge is 0.381 e. The van der Waals surface area contributed by atoms with Crippen LogP contribution in [-0.4, -0.2) is 38.8 Å². The summed E-state index contributed by atoms with van der Waals surface area (Å²) in [5, 5.41) is 6.63. The summed E-state index contributed by atoms with van der Waals surface area (Å²) in [5.41, 5.74) is 0. The van der Waals surface area contributed by atoms with E-state index in [2.05, 4.69) is 28.6 Å². The van der Waals surface area contributed by atoms with Crippen molar-refractivity contribution in [3.63, 3.8) is 0 Å². The Morgan fingerprint density at radius 1 is 1.39 bits per heavy atom. The fourth-order valence-electron chi connectivity index (χ4n) is 2.02. The summed E-state index contributed by atoms with van der Waals surface area (Å²) < 4.78 is 6.47. The van der Waals surface area contributed by atoms with Crippen LogP contribution in [0.15, 0.2) is 17.1 Å². The van der Waals surface area contributed by atoms with Gasteiger partial charge < -0.3 is 15.4 Å². The molecular weight excluding hydrogens is 445 g/mol. The van der Waals surface area contributed by atoms with Crippen molar-refractivity contribution < 1.29 is 4.74 Å². The molecule has 132 valence electrons. The maximum Gasteiger partial charge on any atom is 0.191 e. The highest BCUT2D eigenvalue weighted by molar-refractivity contribution is 14.0. The van der Waals surface area contributed by atoms with Crippen LogP contribution in [-0.2, 0) is 11.2 Å². The van der Waals surface area contributed by atoms with Gasteiger partial charge >= 0.3 is 0 Å². The number of rotatable bonds is 10. The number of aliphatic imine (C=N–C) groups is 1. The monoisotopic (exact) mass is 471 g/mol. The lowest BCUT2D eigenvalue weighted by Crippen LogP contribution is -2.38. The Balaban J connectivity index is 0.00000264. The van der Waals surface area contributed by atoms with Crippen molar-refractivity contribution in [3.8, 4) is 0 Å². The standard InChI is InChI=1S/C16H26ClN3OS.HI/c1-2-18-16(19-9-3-11-21-12-13-4-5-13)20-10-8-14-6-7-15(17)22-14;/h6-7,13H,2-5,8-12H2,1H3,(H2,18,19,20);1H. The Morgan fingerprint density at radius 3 is 2.87 bits per heavy atom. The normalized spacial score (nSPS) is 14.4. The van der Waals surface area contributed by atoms with E-state index in [4.69, 9.17) is 16.3 Å². The van der Waals surface area contributed by atoms with E-state index in [1.54, 1.807) is 11.3 Å². The molecule has 1 aliphatic carbocycles. The average molecular weight is 472 g/mol. The van der Waals surface area contributed by atoms with Crippen LogP contribution in [0.3, 0.4) is 0 Å². The first-order chi connectivity index (χ1) is 10.8. The first kappa shape index (κ1) is 21.0. The van der Waals surface area contributed by atoms with Gasteiger partial charge in [0.05, 0.1) is 4.34 Å². The van der Waals surface area contributed by atoms with E-state index in [-0.39, 0.29) is 24.0 Å². The van der Waals surface area contributed by atoms with Crippen molar-refractivity contribution in [1.29, 1.82) is 0 Å². The van der Waals surface area contributed by atoms with Crippen LogP contribution in [0.1, 0.15) is 31.1 Å². The Kier molecular flexibility index (Phi) is 11.3. The predicted molar refractivity (Wildman–Crippen MR) is 111 cm³/mol. The van der Waals surface area contributed by atoms with Crippen LogP contribution in [0.2, 0.25) is 4.34 Å². The summed E-state index contributed by atoms with van der Waals surface area (Å²) in [4.78, 5) is 5.87. The van der Waals surface area contributed by atoms with Crippen LogP contribution >= 0.6 is 46.9 Å². The summed E-state index contributed by atoms with van der Waals surface area (Å²) in [5.74, 6) is 1.72. The van der Waals surface area contributed by atoms with Crippen molar-refractivity contribution in [2.75, 3.05) is 32.8 Å². The minimum Gasteiger partial charge on any atom is -0.381 e. The van der Waals surface area contributed by atoms with Gasteiger partial charge in [0.25, 0.3) is 0 Å². The molecule has 0 spiro atoms. The molecule has 0 saturated heterocycles. The van der Waals surface area contributed by atoms with E-state index in [0.29, 0.717) is 0 Å². The minimum absolute atomic E-state index is 0. The van der Waals surface area contributed by atoms with Gasteiger partial charge in [-0.3, -0.25) is 4.99 Å². The van der Waals surface area contributed by atoms with Gasteiger partial charge in [0, 0.05) is 37.7 Å². The molecule has 23 heavy (non-hydrogen) atoms. The van der Waals surface area contributed by atoms with Crippen LogP contribution in [0.25, 0.3) is 0 Å². The maximum atomic E-state index is 5.94. The molecular formula is C16H27ClIN3OS. The number of nitrogens with one attached hydrogen (secondary N) is 2. The molecule has 0 radical (unpaired) electrons. The van der Waals surface area contributed by atoms with Crippen LogP contribution in [0.5, 0.6) is 0 Å². The van der Waals surface area contributed by atoms with Gasteiger partial charge in [-0.25, -0.2) is 0 Å². The number of halogens is 2. The van der Waals surface area contributed by atoms with Crippen molar-refractivity contribution in [3.05, 3.63) is 21.3 Å². The quantitative estimate of drug-likeness (QED) is 0.235. The summed E-state index contributed by atoms with van der Waals surface area (Å²) in [6, 6.07) is 4.03. The maximum absolute atomic E-state index is 5.94. The van der Waals surface area contributed by atoms with Gasteiger partial charge in [-0.2, -0.15) is 0 Å². The molecule has 1 saturated carbocycles. The molecule has 0 amide bonds. The Bertz CT molecular complexity index is 466. The van der Waals surface area contributed by atoms with Crippen LogP contribution in [0, 0.1) is 5.92 Å². The molecule has 1 aliphatic rings. The van der Waals surface area contributed by atoms with Gasteiger partial charge in [0.1, 0.15) is 0 Å². The lowest BCUT2D eigenvalue weighted by Gasteiger charge is -2.10. The molecule has 0 unspecified atom stereocenters. The number of nitrogens with zero attached hydrogens (tertiary/aromatic N) is 1. The minimum atomic E-state index is 0. The van der Waals surface area contributed by atoms with Crippen molar-refractivity contribution in [2.45, 2.75) is 32.6 Å². The van der Waals surface area contributed by atoms with E-state index < -0.39 is 0 Å². The SMILES string of the molecule is CCNC(=NCCCOCC1CC1)NCCc1ccc(Cl)s1.I. The second kappa shape index (κ2) is 12.3. The van der Waals surface area contributed by atoms with Crippen molar-refractivity contribution in [1.82, 2.24) is 10.6 Å². The Morgan fingerprint density at radius 2 is 2.22 bits per heavy atom. The molecule has 4 nitrogen and oxygen atoms in total. The highest BCUT2D eigenvalue weighted by Crippen LogP contribution is 2.28. The summed E-state index contributed by atoms with van der Waals surface area (Å²) in [7, 11) is 0. The molecule has 2 N–H and O–H groups in total. The average Bonchev–Trinajstić information content (AvgIpc) is 3.24. The smallest absolute Gasteiger partial charge is 0.191 e. The zero-order chi connectivity index (χ0) is 15.6. The third-order valence-electron chi connectivity index (χ3n) is 3.40. The number of hydrogen-bond acceptors (Lipinski definition) is 3. The van der Waals surface area contributed by atoms with Crippen LogP contribution < -0.4 is 10.6 Å². The lowest BCUT2D eigenvalue weighted by molar-refractivity contribution is 0.123. The number of hydrogen-bond donors (Lipinski definition) is 2. The Labute approximate surface area is 165 Å². The van der Waals surface area contributed by atoms with Gasteiger partial charge in [-0.1, -0.05) is 11.6 Å². The van der Waals surface area contributed by atoms with E-state index in [9.17, 15) is 0 Å². The molecule has 1 aromatic rings. The van der Waals surface area contributed by atoms with Gasteiger partial charge in [0.15, 0.2) is 5.96 Å². The summed E-state index contributed by atoms with van der Waals surface area (Å²) >= 11 is 7.57. The van der Waals surface area contributed by atoms with E-state index >= 15 is 0 Å². The number of thiophene rings is 1. The van der Waals surface area contributed by atoms with Gasteiger partial charge in [-0.15, -0.1) is 35.3 Å². The molecule has 0 aromatic carbocycles. The first-order valence-electron chi connectivity index (χ1n) is 8.12. The fraction of sp³-hybridized carbons (Fsp3) is 0.688. The molecule has 0 atom stereocenters. The second-order valence-electron chi connectivity index (χ2n) is 5.52. The third kappa shape index (κ3) is 9.74. The lowest BCUT2D eigenvalue weighted by atomic mass is 10.3. The van der Waals surface area contributed by atoms with Crippen molar-refractivity contribution in [2.24, 2.45) is 10.9 Å². The van der Waals surface area contributed by atoms with Crippen LogP contribution in [0.4, 0.5) is 0 Å². The molecule has 1 aromatic heterocycles. The molecule has 2 rings (SSSR count). The van der Waals surface area contributed by atoms with E-state index in [1.807, 2.05) is 6.07 Å². The first-order valence-corrected chi connectivity index (χ1v) is 9.31. The highest BCUT2D eigenvalue weighted by atomic mass is 127. The summed E-state index contributed by atoms with van der Waals surface area (Å²) in [6.45, 7) is 6.36. The van der Waals surface area contributed by atoms with Crippen molar-refractivity contribution >= 4 is 52.9 Å². The third-order valence-corrected chi connectivity index (χ3v) is 4.70. The second-order valence-corrected chi connectivity index (χ2v) is 7.31. The zero-order valence-corrected chi connectivity index (χ0v) is 17.5. The number of ether oxygens (including phenoxy) is 1. The fourth-order valence-corrected chi connectivity index (χ4v) is 3.11. The molecule has 0 bridgehead atoms. The van der Waals surface area contributed by atoms with E-state index in [0.717, 1.165) is 61.9 Å². The molecule has 1 fully saturated rings. The summed E-state index contributed by atoms with van der Waals surface area (Å²) in [6.07, 6.45) is 4.64. The topological polar surface area (TPSA) is 45.7 Å². The Hall–Kier alpha value is -0.0500. The van der Waals surface area contributed by atoms with Gasteiger partial charge in [0.2, 0.25) is 0 Å². The molecule has 7 heteroatoms. The zero-order valence-electron chi connectivity index (χ0n) is 13.6. The molecule has 0 aliphatic heterocycles.